The molecule has 1 N–H and O–H groups in total. The van der Waals surface area contributed by atoms with E-state index in [1.165, 1.54) is 4.90 Å². The van der Waals surface area contributed by atoms with Gasteiger partial charge in [-0.05, 0) is 25.7 Å². The molecule has 3 nitrogen and oxygen atoms in total. The van der Waals surface area contributed by atoms with Gasteiger partial charge in [0.15, 0.2) is 17.5 Å². The number of hydrogen-bond donors (Lipinski definition) is 1. The van der Waals surface area contributed by atoms with Gasteiger partial charge in [-0.25, -0.2) is 13.2 Å². The van der Waals surface area contributed by atoms with E-state index in [0.29, 0.717) is 12.6 Å². The van der Waals surface area contributed by atoms with Crippen molar-refractivity contribution in [3.05, 3.63) is 29.6 Å². The summed E-state index contributed by atoms with van der Waals surface area (Å²) in [4.78, 5) is 13.7. The van der Waals surface area contributed by atoms with Gasteiger partial charge >= 0.3 is 0 Å². The fraction of sp³-hybridized carbons (Fsp3) is 0.500. The summed E-state index contributed by atoms with van der Waals surface area (Å²) in [6, 6.07) is 1.81. The van der Waals surface area contributed by atoms with Crippen LogP contribution in [0.5, 0.6) is 0 Å². The zero-order valence-electron chi connectivity index (χ0n) is 10.8. The molecule has 3 rings (SSSR count). The second-order valence-electron chi connectivity index (χ2n) is 5.35. The zero-order chi connectivity index (χ0) is 14.3. The van der Waals surface area contributed by atoms with Crippen molar-refractivity contribution in [2.45, 2.75) is 37.8 Å². The van der Waals surface area contributed by atoms with E-state index in [1.807, 2.05) is 0 Å². The zero-order valence-corrected chi connectivity index (χ0v) is 10.8. The van der Waals surface area contributed by atoms with E-state index in [-0.39, 0.29) is 17.6 Å². The number of rotatable bonds is 3. The van der Waals surface area contributed by atoms with Gasteiger partial charge in [-0.1, -0.05) is 0 Å². The van der Waals surface area contributed by atoms with Crippen molar-refractivity contribution in [3.63, 3.8) is 0 Å². The molecule has 1 aliphatic heterocycles. The van der Waals surface area contributed by atoms with Crippen molar-refractivity contribution < 1.29 is 18.0 Å². The summed E-state index contributed by atoms with van der Waals surface area (Å²) in [5.41, 5.74) is 0.0775. The largest absolute Gasteiger partial charge is 0.311 e. The predicted molar refractivity (Wildman–Crippen MR) is 67.8 cm³/mol. The van der Waals surface area contributed by atoms with Gasteiger partial charge in [0.05, 0.1) is 6.04 Å². The molecule has 1 saturated carbocycles. The third-order valence-electron chi connectivity index (χ3n) is 3.73. The highest BCUT2D eigenvalue weighted by Crippen LogP contribution is 2.27. The first kappa shape index (κ1) is 13.4. The topological polar surface area (TPSA) is 32.3 Å². The van der Waals surface area contributed by atoms with Crippen LogP contribution < -0.4 is 10.2 Å². The lowest BCUT2D eigenvalue weighted by molar-refractivity contribution is -0.121. The first-order chi connectivity index (χ1) is 9.56. The Morgan fingerprint density at radius 3 is 2.35 bits per heavy atom. The molecule has 1 atom stereocenters. The molecule has 2 aliphatic rings. The van der Waals surface area contributed by atoms with Gasteiger partial charge in [-0.3, -0.25) is 4.79 Å². The van der Waals surface area contributed by atoms with Gasteiger partial charge in [0, 0.05) is 30.4 Å². The molecule has 0 radical (unpaired) electrons. The Bertz CT molecular complexity index is 522. The molecule has 1 saturated heterocycles. The molecule has 0 spiro atoms. The van der Waals surface area contributed by atoms with Gasteiger partial charge in [0.25, 0.3) is 0 Å². The van der Waals surface area contributed by atoms with Crippen LogP contribution in [0, 0.1) is 17.5 Å². The van der Waals surface area contributed by atoms with E-state index in [9.17, 15) is 18.0 Å². The summed E-state index contributed by atoms with van der Waals surface area (Å²) < 4.78 is 39.5. The molecule has 1 aromatic carbocycles. The highest BCUT2D eigenvalue weighted by Gasteiger charge is 2.34. The lowest BCUT2D eigenvalue weighted by Gasteiger charge is -2.33. The molecule has 1 heterocycles. The van der Waals surface area contributed by atoms with Crippen LogP contribution in [0.1, 0.15) is 25.7 Å². The highest BCUT2D eigenvalue weighted by atomic mass is 19.2. The summed E-state index contributed by atoms with van der Waals surface area (Å²) in [6.45, 7) is 0.395. The van der Waals surface area contributed by atoms with Crippen molar-refractivity contribution in [3.8, 4) is 0 Å². The van der Waals surface area contributed by atoms with Crippen LogP contribution in [0.4, 0.5) is 18.9 Å². The number of carbonyl (C=O) groups excluding carboxylic acids is 1. The van der Waals surface area contributed by atoms with Crippen LogP contribution in [0.3, 0.4) is 0 Å². The minimum atomic E-state index is -1.51. The molecule has 6 heteroatoms. The minimum Gasteiger partial charge on any atom is -0.311 e. The van der Waals surface area contributed by atoms with Crippen LogP contribution in [0.25, 0.3) is 0 Å². The van der Waals surface area contributed by atoms with Gasteiger partial charge in [0.1, 0.15) is 0 Å². The fourth-order valence-electron chi connectivity index (χ4n) is 2.52. The van der Waals surface area contributed by atoms with Gasteiger partial charge in [0.2, 0.25) is 5.91 Å². The number of nitrogens with zero attached hydrogens (tertiary/aromatic N) is 1. The van der Waals surface area contributed by atoms with Gasteiger partial charge in [-0.15, -0.1) is 0 Å². The fourth-order valence-corrected chi connectivity index (χ4v) is 2.52. The average Bonchev–Trinajstić information content (AvgIpc) is 3.22. The summed E-state index contributed by atoms with van der Waals surface area (Å²) in [7, 11) is 0. The number of halogens is 3. The maximum atomic E-state index is 13.3. The lowest BCUT2D eigenvalue weighted by Crippen LogP contribution is -2.51. The lowest BCUT2D eigenvalue weighted by atomic mass is 10.0. The number of amides is 1. The summed E-state index contributed by atoms with van der Waals surface area (Å²) in [6.07, 6.45) is 3.59. The Morgan fingerprint density at radius 1 is 1.10 bits per heavy atom. The van der Waals surface area contributed by atoms with Gasteiger partial charge in [-0.2, -0.15) is 0 Å². The van der Waals surface area contributed by atoms with Crippen molar-refractivity contribution in [2.24, 2.45) is 0 Å². The van der Waals surface area contributed by atoms with E-state index in [1.54, 1.807) is 0 Å². The predicted octanol–water partition coefficient (Wildman–Crippen LogP) is 2.35. The van der Waals surface area contributed by atoms with Crippen molar-refractivity contribution in [2.75, 3.05) is 11.4 Å². The molecule has 2 fully saturated rings. The number of carbonyl (C=O) groups is 1. The van der Waals surface area contributed by atoms with E-state index in [0.717, 1.165) is 37.8 Å². The second kappa shape index (κ2) is 5.09. The Hall–Kier alpha value is -1.56. The Morgan fingerprint density at radius 2 is 1.75 bits per heavy atom. The number of benzene rings is 1. The standard InChI is InChI=1S/C14H15F3N2O/c15-10-6-9(7-11(16)13(10)17)19-5-1-2-12(14(19)20)18-8-3-4-8/h6-8,12,18H,1-5H2. The molecule has 0 aromatic heterocycles. The molecular weight excluding hydrogens is 269 g/mol. The van der Waals surface area contributed by atoms with Crippen molar-refractivity contribution in [1.82, 2.24) is 5.32 Å². The van der Waals surface area contributed by atoms with E-state index < -0.39 is 17.5 Å². The molecule has 1 aromatic rings. The van der Waals surface area contributed by atoms with Crippen LogP contribution in [-0.4, -0.2) is 24.5 Å². The third-order valence-corrected chi connectivity index (χ3v) is 3.73. The normalized spacial score (nSPS) is 23.2. The summed E-state index contributed by atoms with van der Waals surface area (Å²) in [5, 5.41) is 3.23. The smallest absolute Gasteiger partial charge is 0.244 e. The molecule has 1 amide bonds. The molecule has 1 aliphatic carbocycles. The highest BCUT2D eigenvalue weighted by molar-refractivity contribution is 5.98. The first-order valence-electron chi connectivity index (χ1n) is 6.78. The van der Waals surface area contributed by atoms with Crippen LogP contribution in [-0.2, 0) is 4.79 Å². The molecule has 108 valence electrons. The number of nitrogens with one attached hydrogen (secondary N) is 1. The second-order valence-corrected chi connectivity index (χ2v) is 5.35. The summed E-state index contributed by atoms with van der Waals surface area (Å²) >= 11 is 0. The maximum absolute atomic E-state index is 13.3. The Balaban J connectivity index is 1.83. The van der Waals surface area contributed by atoms with E-state index in [2.05, 4.69) is 5.32 Å². The van der Waals surface area contributed by atoms with Crippen LogP contribution in [0.15, 0.2) is 12.1 Å². The minimum absolute atomic E-state index is 0.0775. The van der Waals surface area contributed by atoms with Crippen LogP contribution >= 0.6 is 0 Å². The molecule has 20 heavy (non-hydrogen) atoms. The number of hydrogen-bond acceptors (Lipinski definition) is 2. The average molecular weight is 284 g/mol. The molecular formula is C14H15F3N2O. The third kappa shape index (κ3) is 2.52. The van der Waals surface area contributed by atoms with Gasteiger partial charge < -0.3 is 10.2 Å². The SMILES string of the molecule is O=C1C(NC2CC2)CCCN1c1cc(F)c(F)c(F)c1. The first-order valence-corrected chi connectivity index (χ1v) is 6.78. The van der Waals surface area contributed by atoms with E-state index in [4.69, 9.17) is 0 Å². The maximum Gasteiger partial charge on any atom is 0.244 e. The van der Waals surface area contributed by atoms with Crippen molar-refractivity contribution in [1.29, 1.82) is 0 Å². The number of anilines is 1. The molecule has 1 unspecified atom stereocenters. The van der Waals surface area contributed by atoms with E-state index >= 15 is 0 Å². The summed E-state index contributed by atoms with van der Waals surface area (Å²) in [5.74, 6) is -4.26. The van der Waals surface area contributed by atoms with Crippen LogP contribution in [0.2, 0.25) is 0 Å². The Labute approximate surface area is 114 Å². The quantitative estimate of drug-likeness (QED) is 0.864. The molecule has 0 bridgehead atoms. The Kier molecular flexibility index (Phi) is 3.41. The monoisotopic (exact) mass is 284 g/mol. The number of piperidine rings is 1. The van der Waals surface area contributed by atoms with Crippen molar-refractivity contribution >= 4 is 11.6 Å².